The number of aromatic hydroxyl groups is 1. The fraction of sp³-hybridized carbons (Fsp3) is 0.333. The normalized spacial score (nSPS) is 29.7. The number of carbonyl (C=O) groups is 2. The molecule has 3 unspecified atom stereocenters. The molecular formula is C15H15NO3. The summed E-state index contributed by atoms with van der Waals surface area (Å²) in [5.74, 6) is -0.694. The summed E-state index contributed by atoms with van der Waals surface area (Å²) in [5, 5.41) is 9.49. The number of allylic oxidation sites excluding steroid dienone is 2. The molecule has 0 radical (unpaired) electrons. The van der Waals surface area contributed by atoms with E-state index in [0.29, 0.717) is 12.1 Å². The van der Waals surface area contributed by atoms with Crippen LogP contribution in [0.5, 0.6) is 5.75 Å². The minimum absolute atomic E-state index is 0.0548. The van der Waals surface area contributed by atoms with E-state index in [1.54, 1.807) is 12.1 Å². The maximum absolute atomic E-state index is 12.5. The highest BCUT2D eigenvalue weighted by atomic mass is 16.3. The molecule has 1 N–H and O–H groups in total. The molecule has 1 heterocycles. The lowest BCUT2D eigenvalue weighted by molar-refractivity contribution is -0.122. The van der Waals surface area contributed by atoms with Gasteiger partial charge in [-0.05, 0) is 24.5 Å². The summed E-state index contributed by atoms with van der Waals surface area (Å²) < 4.78 is 0. The summed E-state index contributed by atoms with van der Waals surface area (Å²) >= 11 is 0. The Balaban J connectivity index is 2.01. The zero-order chi connectivity index (χ0) is 13.6. The third kappa shape index (κ3) is 1.75. The summed E-state index contributed by atoms with van der Waals surface area (Å²) in [6, 6.07) is 6.27. The van der Waals surface area contributed by atoms with E-state index in [2.05, 4.69) is 0 Å². The van der Waals surface area contributed by atoms with Gasteiger partial charge in [0.1, 0.15) is 5.75 Å². The average Bonchev–Trinajstić information content (AvgIpc) is 2.63. The third-order valence-electron chi connectivity index (χ3n) is 3.96. The molecule has 1 fully saturated rings. The number of hydrogen-bond donors (Lipinski definition) is 1. The number of imide groups is 1. The second kappa shape index (κ2) is 4.23. The molecule has 1 aliphatic carbocycles. The molecule has 4 heteroatoms. The number of hydrogen-bond acceptors (Lipinski definition) is 3. The maximum atomic E-state index is 12.5. The van der Waals surface area contributed by atoms with Crippen LogP contribution >= 0.6 is 0 Å². The first-order chi connectivity index (χ1) is 9.09. The van der Waals surface area contributed by atoms with Crippen molar-refractivity contribution >= 4 is 17.5 Å². The molecule has 1 aliphatic heterocycles. The predicted octanol–water partition coefficient (Wildman–Crippen LogP) is 2.09. The highest BCUT2D eigenvalue weighted by molar-refractivity contribution is 6.22. The standard InChI is InChI=1S/C15H15NO3/c1-9-4-2-7-12-13(9)15(19)16(14(12)18)10-5-3-6-11(17)8-10/h2-6,8-9,12-13,17H,7H2,1H3. The fourth-order valence-electron chi connectivity index (χ4n) is 3.03. The lowest BCUT2D eigenvalue weighted by atomic mass is 9.78. The van der Waals surface area contributed by atoms with Gasteiger partial charge in [0.25, 0.3) is 0 Å². The molecule has 0 bridgehead atoms. The van der Waals surface area contributed by atoms with Crippen LogP contribution in [-0.4, -0.2) is 16.9 Å². The van der Waals surface area contributed by atoms with E-state index in [4.69, 9.17) is 0 Å². The number of rotatable bonds is 1. The van der Waals surface area contributed by atoms with Crippen LogP contribution in [0.2, 0.25) is 0 Å². The summed E-state index contributed by atoms with van der Waals surface area (Å²) in [7, 11) is 0. The van der Waals surface area contributed by atoms with E-state index in [1.807, 2.05) is 19.1 Å². The summed E-state index contributed by atoms with van der Waals surface area (Å²) in [6.45, 7) is 1.96. The number of amides is 2. The lowest BCUT2D eigenvalue weighted by Gasteiger charge is -2.22. The number of fused-ring (bicyclic) bond motifs is 1. The zero-order valence-corrected chi connectivity index (χ0v) is 10.6. The first-order valence-electron chi connectivity index (χ1n) is 6.43. The monoisotopic (exact) mass is 257 g/mol. The molecule has 1 aromatic rings. The van der Waals surface area contributed by atoms with Crippen molar-refractivity contribution < 1.29 is 14.7 Å². The predicted molar refractivity (Wildman–Crippen MR) is 70.5 cm³/mol. The minimum atomic E-state index is -0.264. The van der Waals surface area contributed by atoms with E-state index in [0.717, 1.165) is 0 Å². The zero-order valence-electron chi connectivity index (χ0n) is 10.6. The molecular weight excluding hydrogens is 242 g/mol. The molecule has 19 heavy (non-hydrogen) atoms. The van der Waals surface area contributed by atoms with Crippen LogP contribution < -0.4 is 4.90 Å². The van der Waals surface area contributed by atoms with Crippen LogP contribution in [0.15, 0.2) is 36.4 Å². The van der Waals surface area contributed by atoms with E-state index < -0.39 is 0 Å². The first kappa shape index (κ1) is 12.0. The van der Waals surface area contributed by atoms with Crippen LogP contribution in [-0.2, 0) is 9.59 Å². The van der Waals surface area contributed by atoms with Gasteiger partial charge in [0.05, 0.1) is 17.5 Å². The molecule has 2 aliphatic rings. The molecule has 0 aromatic heterocycles. The Morgan fingerprint density at radius 2 is 2.05 bits per heavy atom. The number of phenolic OH excluding ortho intramolecular Hbond substituents is 1. The summed E-state index contributed by atoms with van der Waals surface area (Å²) in [6.07, 6.45) is 4.59. The van der Waals surface area contributed by atoms with Crippen molar-refractivity contribution in [2.24, 2.45) is 17.8 Å². The number of nitrogens with zero attached hydrogens (tertiary/aromatic N) is 1. The minimum Gasteiger partial charge on any atom is -0.508 e. The molecule has 4 nitrogen and oxygen atoms in total. The molecule has 3 rings (SSSR count). The Labute approximate surface area is 111 Å². The molecule has 98 valence electrons. The van der Waals surface area contributed by atoms with E-state index in [9.17, 15) is 14.7 Å². The Bertz CT molecular complexity index is 579. The van der Waals surface area contributed by atoms with Crippen molar-refractivity contribution in [2.75, 3.05) is 4.90 Å². The molecule has 0 spiro atoms. The summed E-state index contributed by atoms with van der Waals surface area (Å²) in [4.78, 5) is 26.1. The van der Waals surface area contributed by atoms with Gasteiger partial charge in [0.2, 0.25) is 11.8 Å². The van der Waals surface area contributed by atoms with Crippen LogP contribution in [0.4, 0.5) is 5.69 Å². The molecule has 3 atom stereocenters. The van der Waals surface area contributed by atoms with Crippen molar-refractivity contribution in [2.45, 2.75) is 13.3 Å². The Morgan fingerprint density at radius 1 is 1.26 bits per heavy atom. The Kier molecular flexibility index (Phi) is 2.66. The van der Waals surface area contributed by atoms with Gasteiger partial charge in [-0.2, -0.15) is 0 Å². The van der Waals surface area contributed by atoms with Gasteiger partial charge < -0.3 is 5.11 Å². The van der Waals surface area contributed by atoms with E-state index in [1.165, 1.54) is 17.0 Å². The fourth-order valence-corrected chi connectivity index (χ4v) is 3.03. The summed E-state index contributed by atoms with van der Waals surface area (Å²) in [5.41, 5.74) is 0.455. The Morgan fingerprint density at radius 3 is 2.74 bits per heavy atom. The first-order valence-corrected chi connectivity index (χ1v) is 6.43. The SMILES string of the molecule is CC1C=CCC2C(=O)N(c3cccc(O)c3)C(=O)C12. The number of carbonyl (C=O) groups excluding carboxylic acids is 2. The van der Waals surface area contributed by atoms with Gasteiger partial charge in [0, 0.05) is 6.07 Å². The molecule has 1 saturated heterocycles. The number of phenols is 1. The van der Waals surface area contributed by atoms with Crippen molar-refractivity contribution in [1.29, 1.82) is 0 Å². The van der Waals surface area contributed by atoms with Crippen molar-refractivity contribution in [1.82, 2.24) is 0 Å². The van der Waals surface area contributed by atoms with E-state index >= 15 is 0 Å². The van der Waals surface area contributed by atoms with E-state index in [-0.39, 0.29) is 35.3 Å². The highest BCUT2D eigenvalue weighted by Crippen LogP contribution is 2.40. The average molecular weight is 257 g/mol. The van der Waals surface area contributed by atoms with Crippen molar-refractivity contribution in [3.63, 3.8) is 0 Å². The smallest absolute Gasteiger partial charge is 0.238 e. The van der Waals surface area contributed by atoms with Crippen LogP contribution in [0.1, 0.15) is 13.3 Å². The largest absolute Gasteiger partial charge is 0.508 e. The molecule has 0 saturated carbocycles. The van der Waals surface area contributed by atoms with Gasteiger partial charge >= 0.3 is 0 Å². The molecule has 1 aromatic carbocycles. The topological polar surface area (TPSA) is 57.6 Å². The van der Waals surface area contributed by atoms with Crippen LogP contribution in [0.25, 0.3) is 0 Å². The molecule has 2 amide bonds. The van der Waals surface area contributed by atoms with Crippen molar-refractivity contribution in [3.05, 3.63) is 36.4 Å². The third-order valence-corrected chi connectivity index (χ3v) is 3.96. The van der Waals surface area contributed by atoms with Crippen molar-refractivity contribution in [3.8, 4) is 5.75 Å². The second-order valence-electron chi connectivity index (χ2n) is 5.19. The van der Waals surface area contributed by atoms with Gasteiger partial charge in [-0.15, -0.1) is 0 Å². The van der Waals surface area contributed by atoms with Gasteiger partial charge in [-0.3, -0.25) is 9.59 Å². The Hall–Kier alpha value is -2.10. The van der Waals surface area contributed by atoms with Gasteiger partial charge in [-0.25, -0.2) is 4.90 Å². The van der Waals surface area contributed by atoms with Crippen LogP contribution in [0.3, 0.4) is 0 Å². The number of anilines is 1. The number of benzene rings is 1. The lowest BCUT2D eigenvalue weighted by Crippen LogP contribution is -2.31. The van der Waals surface area contributed by atoms with Gasteiger partial charge in [-0.1, -0.05) is 25.1 Å². The van der Waals surface area contributed by atoms with Gasteiger partial charge in [0.15, 0.2) is 0 Å². The quantitative estimate of drug-likeness (QED) is 0.619. The second-order valence-corrected chi connectivity index (χ2v) is 5.19. The van der Waals surface area contributed by atoms with Crippen LogP contribution in [0, 0.1) is 17.8 Å². The maximum Gasteiger partial charge on any atom is 0.238 e. The highest BCUT2D eigenvalue weighted by Gasteiger charge is 2.50.